The summed E-state index contributed by atoms with van der Waals surface area (Å²) < 4.78 is -3.97. The third-order valence-electron chi connectivity index (χ3n) is 5.90. The van der Waals surface area contributed by atoms with Gasteiger partial charge in [-0.3, -0.25) is 4.79 Å². The van der Waals surface area contributed by atoms with Crippen LogP contribution >= 0.6 is 69.6 Å². The summed E-state index contributed by atoms with van der Waals surface area (Å²) in [5, 5.41) is 10.3. The van der Waals surface area contributed by atoms with E-state index >= 15 is 0 Å². The van der Waals surface area contributed by atoms with Crippen molar-refractivity contribution in [1.82, 2.24) is 4.90 Å². The molecule has 1 N–H and O–H groups in total. The third kappa shape index (κ3) is 3.76. The van der Waals surface area contributed by atoms with Gasteiger partial charge in [0.25, 0.3) is 0 Å². The zero-order valence-electron chi connectivity index (χ0n) is 16.9. The Morgan fingerprint density at radius 3 is 2.09 bits per heavy atom. The first-order valence-corrected chi connectivity index (χ1v) is 11.9. The van der Waals surface area contributed by atoms with Gasteiger partial charge in [-0.25, -0.2) is 4.79 Å². The Kier molecular flexibility index (Phi) is 6.27. The minimum absolute atomic E-state index is 0.0443. The zero-order valence-corrected chi connectivity index (χ0v) is 21.4. The molecule has 0 spiro atoms. The van der Waals surface area contributed by atoms with Crippen molar-refractivity contribution in [2.75, 3.05) is 7.05 Å². The fourth-order valence-electron chi connectivity index (χ4n) is 4.72. The lowest BCUT2D eigenvalue weighted by Crippen LogP contribution is -2.55. The minimum atomic E-state index is -2.11. The number of likely N-dealkylation sites (N-methyl/N-ethyl adjacent to an activating group) is 1. The number of hydrogen-bond donors (Lipinski definition) is 1. The molecular formula is C23H15Cl6NO3. The summed E-state index contributed by atoms with van der Waals surface area (Å²) in [6.45, 7) is 0. The fourth-order valence-corrected chi connectivity index (χ4v) is 6.07. The summed E-state index contributed by atoms with van der Waals surface area (Å²) in [6, 6.07) is 15.3. The molecule has 1 atom stereocenters. The first-order valence-electron chi connectivity index (χ1n) is 9.61. The molecule has 4 nitrogen and oxygen atoms in total. The van der Waals surface area contributed by atoms with Gasteiger partial charge < -0.3 is 10.0 Å². The van der Waals surface area contributed by atoms with E-state index < -0.39 is 24.9 Å². The lowest BCUT2D eigenvalue weighted by molar-refractivity contribution is -0.132. The number of nitrogens with zero attached hydrogens (tertiary/aromatic N) is 1. The molecule has 4 rings (SSSR count). The van der Waals surface area contributed by atoms with Crippen molar-refractivity contribution in [3.8, 4) is 0 Å². The molecule has 2 aromatic rings. The Bertz CT molecular complexity index is 1230. The summed E-state index contributed by atoms with van der Waals surface area (Å²) in [6.07, 6.45) is -0.307. The van der Waals surface area contributed by atoms with Crippen LogP contribution in [0.3, 0.4) is 0 Å². The number of aliphatic carboxylic acids is 1. The average Bonchev–Trinajstić information content (AvgIpc) is 2.99. The Morgan fingerprint density at radius 2 is 1.55 bits per heavy atom. The molecule has 33 heavy (non-hydrogen) atoms. The quantitative estimate of drug-likeness (QED) is 0.409. The predicted molar refractivity (Wildman–Crippen MR) is 133 cm³/mol. The van der Waals surface area contributed by atoms with Crippen molar-refractivity contribution < 1.29 is 14.7 Å². The molecule has 0 saturated carbocycles. The van der Waals surface area contributed by atoms with Crippen molar-refractivity contribution in [1.29, 1.82) is 0 Å². The largest absolute Gasteiger partial charge is 0.478 e. The number of Topliss-reactive ketones (excluding diaryl/α,β-unsaturated/α-hetero) is 1. The van der Waals surface area contributed by atoms with Crippen LogP contribution in [-0.4, -0.2) is 36.4 Å². The summed E-state index contributed by atoms with van der Waals surface area (Å²) in [5.74, 6) is -1.74. The second-order valence-electron chi connectivity index (χ2n) is 7.68. The van der Waals surface area contributed by atoms with E-state index in [0.29, 0.717) is 16.7 Å². The number of alkyl halides is 6. The molecule has 0 radical (unpaired) electrons. The van der Waals surface area contributed by atoms with Gasteiger partial charge in [0.15, 0.2) is 9.58 Å². The maximum absolute atomic E-state index is 13.8. The van der Waals surface area contributed by atoms with E-state index in [1.165, 1.54) is 11.9 Å². The van der Waals surface area contributed by atoms with Crippen LogP contribution in [-0.2, 0) is 10.3 Å². The number of carboxylic acid groups (broad SMARTS) is 1. The summed E-state index contributed by atoms with van der Waals surface area (Å²) >= 11 is 38.3. The summed E-state index contributed by atoms with van der Waals surface area (Å²) in [5.41, 5.74) is -0.399. The zero-order chi connectivity index (χ0) is 24.3. The standard InChI is InChI=1S/C23H15Cl6NO3/c1-30-15(11-21(24,25)26)17(20(32)33)16(12-7-3-2-4-8-12)18-19(31)13-9-5-6-10-14(13)22(18,30)23(27,28)29/h2-10H,11H2,1H3,(H,32,33). The van der Waals surface area contributed by atoms with Gasteiger partial charge in [-0.05, 0) is 11.1 Å². The van der Waals surface area contributed by atoms with Gasteiger partial charge in [0.1, 0.15) is 5.54 Å². The van der Waals surface area contributed by atoms with Crippen LogP contribution in [0.4, 0.5) is 0 Å². The summed E-state index contributed by atoms with van der Waals surface area (Å²) in [7, 11) is 1.54. The molecule has 1 aliphatic carbocycles. The third-order valence-corrected chi connectivity index (χ3v) is 7.12. The number of halogens is 6. The lowest BCUT2D eigenvalue weighted by Gasteiger charge is -2.51. The number of hydrogen-bond acceptors (Lipinski definition) is 3. The number of ketones is 1. The van der Waals surface area contributed by atoms with E-state index in [1.807, 2.05) is 0 Å². The molecule has 2 aromatic carbocycles. The van der Waals surface area contributed by atoms with Crippen LogP contribution in [0.1, 0.15) is 27.9 Å². The highest BCUT2D eigenvalue weighted by Gasteiger charge is 2.65. The summed E-state index contributed by atoms with van der Waals surface area (Å²) in [4.78, 5) is 27.9. The van der Waals surface area contributed by atoms with Crippen LogP contribution in [0, 0.1) is 0 Å². The Balaban J connectivity index is 2.25. The van der Waals surface area contributed by atoms with E-state index in [1.54, 1.807) is 54.6 Å². The van der Waals surface area contributed by atoms with Crippen LogP contribution in [0.25, 0.3) is 5.57 Å². The van der Waals surface area contributed by atoms with E-state index in [0.717, 1.165) is 0 Å². The lowest BCUT2D eigenvalue weighted by atomic mass is 9.76. The normalized spacial score (nSPS) is 20.8. The molecule has 2 aliphatic rings. The van der Waals surface area contributed by atoms with Gasteiger partial charge in [0, 0.05) is 35.9 Å². The monoisotopic (exact) mass is 563 g/mol. The van der Waals surface area contributed by atoms with Gasteiger partial charge >= 0.3 is 5.97 Å². The maximum Gasteiger partial charge on any atom is 0.338 e. The Morgan fingerprint density at radius 1 is 0.970 bits per heavy atom. The van der Waals surface area contributed by atoms with Crippen molar-refractivity contribution in [3.05, 3.63) is 88.1 Å². The molecule has 10 heteroatoms. The van der Waals surface area contributed by atoms with Gasteiger partial charge in [-0.15, -0.1) is 0 Å². The number of allylic oxidation sites excluding steroid dienone is 1. The second-order valence-corrected chi connectivity index (χ2v) is 12.5. The SMILES string of the molecule is CN1C(CC(Cl)(Cl)Cl)=C(C(=O)O)C(c2ccccc2)=C2C(=O)c3ccccc3C21C(Cl)(Cl)Cl. The molecule has 172 valence electrons. The number of fused-ring (bicyclic) bond motifs is 3. The number of benzene rings is 2. The first kappa shape index (κ1) is 24.7. The van der Waals surface area contributed by atoms with Crippen LogP contribution in [0.2, 0.25) is 0 Å². The van der Waals surface area contributed by atoms with Crippen molar-refractivity contribution in [2.45, 2.75) is 19.5 Å². The molecule has 0 bridgehead atoms. The van der Waals surface area contributed by atoms with Crippen molar-refractivity contribution >= 4 is 86.9 Å². The smallest absolute Gasteiger partial charge is 0.338 e. The van der Waals surface area contributed by atoms with Gasteiger partial charge in [-0.1, -0.05) is 124 Å². The molecule has 1 unspecified atom stereocenters. The molecule has 0 amide bonds. The molecular weight excluding hydrogens is 551 g/mol. The topological polar surface area (TPSA) is 57.6 Å². The molecule has 0 saturated heterocycles. The average molecular weight is 566 g/mol. The maximum atomic E-state index is 13.8. The second kappa shape index (κ2) is 8.37. The molecule has 0 aromatic heterocycles. The van der Waals surface area contributed by atoms with Gasteiger partial charge in [-0.2, -0.15) is 0 Å². The predicted octanol–water partition coefficient (Wildman–Crippen LogP) is 6.95. The van der Waals surface area contributed by atoms with E-state index in [-0.39, 0.29) is 28.8 Å². The van der Waals surface area contributed by atoms with Crippen LogP contribution in [0.5, 0.6) is 0 Å². The van der Waals surface area contributed by atoms with E-state index in [9.17, 15) is 14.7 Å². The number of rotatable bonds is 3. The van der Waals surface area contributed by atoms with Crippen molar-refractivity contribution in [2.24, 2.45) is 0 Å². The number of carboxylic acids is 1. The minimum Gasteiger partial charge on any atom is -0.478 e. The highest BCUT2D eigenvalue weighted by atomic mass is 35.6. The number of carbonyl (C=O) groups is 2. The van der Waals surface area contributed by atoms with Gasteiger partial charge in [0.05, 0.1) is 5.57 Å². The fraction of sp³-hybridized carbons (Fsp3) is 0.217. The first-order chi connectivity index (χ1) is 15.3. The Hall–Kier alpha value is -1.40. The van der Waals surface area contributed by atoms with Gasteiger partial charge in [0.2, 0.25) is 3.79 Å². The van der Waals surface area contributed by atoms with E-state index in [2.05, 4.69) is 0 Å². The molecule has 1 heterocycles. The molecule has 0 fully saturated rings. The Labute approximate surface area is 220 Å². The van der Waals surface area contributed by atoms with Crippen LogP contribution in [0.15, 0.2) is 71.4 Å². The van der Waals surface area contributed by atoms with Crippen LogP contribution < -0.4 is 0 Å². The van der Waals surface area contributed by atoms with Crippen molar-refractivity contribution in [3.63, 3.8) is 0 Å². The number of carbonyl (C=O) groups excluding carboxylic acids is 1. The highest BCUT2D eigenvalue weighted by Crippen LogP contribution is 2.63. The highest BCUT2D eigenvalue weighted by molar-refractivity contribution is 6.69. The van der Waals surface area contributed by atoms with E-state index in [4.69, 9.17) is 69.6 Å². The molecule has 1 aliphatic heterocycles.